The Morgan fingerprint density at radius 3 is 2.72 bits per heavy atom. The summed E-state index contributed by atoms with van der Waals surface area (Å²) in [5, 5.41) is 14.7. The third kappa shape index (κ3) is 3.86. The summed E-state index contributed by atoms with van der Waals surface area (Å²) in [6.45, 7) is 0.836. The van der Waals surface area contributed by atoms with Gasteiger partial charge >= 0.3 is 0 Å². The van der Waals surface area contributed by atoms with E-state index in [1.165, 1.54) is 6.42 Å². The van der Waals surface area contributed by atoms with Crippen molar-refractivity contribution in [3.63, 3.8) is 0 Å². The molecule has 2 rings (SSSR count). The molecule has 0 radical (unpaired) electrons. The monoisotopic (exact) mass is 287 g/mol. The van der Waals surface area contributed by atoms with Crippen molar-refractivity contribution in [2.75, 3.05) is 6.54 Å². The quantitative estimate of drug-likeness (QED) is 0.889. The summed E-state index contributed by atoms with van der Waals surface area (Å²) in [5.41, 5.74) is 1.10. The number of hydrogen-bond acceptors (Lipinski definition) is 2. The second-order valence-electron chi connectivity index (χ2n) is 4.90. The molecule has 1 aliphatic carbocycles. The first kappa shape index (κ1) is 14.1. The smallest absolute Gasteiger partial charge is 0.0693 e. The lowest BCUT2D eigenvalue weighted by Gasteiger charge is -2.28. The molecule has 2 N–H and O–H groups in total. The summed E-state index contributed by atoms with van der Waals surface area (Å²) < 4.78 is 0. The Bertz CT molecular complexity index is 397. The van der Waals surface area contributed by atoms with Crippen LogP contribution in [0.1, 0.15) is 31.2 Å². The van der Waals surface area contributed by atoms with E-state index in [0.29, 0.717) is 10.0 Å². The molecule has 0 aromatic heterocycles. The Morgan fingerprint density at radius 1 is 1.22 bits per heavy atom. The lowest BCUT2D eigenvalue weighted by molar-refractivity contribution is 0.0914. The molecule has 1 aromatic rings. The van der Waals surface area contributed by atoms with Gasteiger partial charge in [-0.25, -0.2) is 0 Å². The highest BCUT2D eigenvalue weighted by Gasteiger charge is 2.21. The van der Waals surface area contributed by atoms with Crippen molar-refractivity contribution < 1.29 is 5.11 Å². The number of rotatable bonds is 4. The zero-order valence-electron chi connectivity index (χ0n) is 10.3. The molecule has 0 amide bonds. The fourth-order valence-corrected chi connectivity index (χ4v) is 2.97. The van der Waals surface area contributed by atoms with Crippen LogP contribution in [0.5, 0.6) is 0 Å². The molecular weight excluding hydrogens is 269 g/mol. The highest BCUT2D eigenvalue weighted by molar-refractivity contribution is 6.35. The third-order valence-electron chi connectivity index (χ3n) is 3.55. The van der Waals surface area contributed by atoms with Crippen molar-refractivity contribution in [1.82, 2.24) is 5.32 Å². The van der Waals surface area contributed by atoms with E-state index in [9.17, 15) is 5.11 Å². The van der Waals surface area contributed by atoms with Crippen LogP contribution in [-0.2, 0) is 6.42 Å². The zero-order chi connectivity index (χ0) is 13.0. The van der Waals surface area contributed by atoms with Crippen molar-refractivity contribution in [1.29, 1.82) is 0 Å². The van der Waals surface area contributed by atoms with E-state index in [1.54, 1.807) is 6.07 Å². The van der Waals surface area contributed by atoms with Crippen LogP contribution in [-0.4, -0.2) is 23.8 Å². The molecule has 18 heavy (non-hydrogen) atoms. The first-order valence-corrected chi connectivity index (χ1v) is 7.28. The molecule has 0 aliphatic heterocycles. The molecule has 0 spiro atoms. The van der Waals surface area contributed by atoms with Crippen molar-refractivity contribution in [3.8, 4) is 0 Å². The number of aliphatic hydroxyl groups excluding tert-OH is 1. The molecule has 2 nitrogen and oxygen atoms in total. The number of halogens is 2. The second-order valence-corrected chi connectivity index (χ2v) is 5.74. The van der Waals surface area contributed by atoms with Crippen LogP contribution in [0.4, 0.5) is 0 Å². The van der Waals surface area contributed by atoms with Crippen molar-refractivity contribution in [2.24, 2.45) is 0 Å². The highest BCUT2D eigenvalue weighted by atomic mass is 35.5. The average Bonchev–Trinajstić information content (AvgIpc) is 2.34. The van der Waals surface area contributed by atoms with Crippen LogP contribution in [0.3, 0.4) is 0 Å². The van der Waals surface area contributed by atoms with E-state index in [2.05, 4.69) is 5.32 Å². The summed E-state index contributed by atoms with van der Waals surface area (Å²) in [4.78, 5) is 0. The normalized spacial score (nSPS) is 24.2. The molecular formula is C14H19Cl2NO. The Morgan fingerprint density at radius 2 is 2.00 bits per heavy atom. The maximum Gasteiger partial charge on any atom is 0.0693 e. The Balaban J connectivity index is 1.81. The lowest BCUT2D eigenvalue weighted by atomic mass is 9.92. The fraction of sp³-hybridized carbons (Fsp3) is 0.571. The van der Waals surface area contributed by atoms with Gasteiger partial charge in [-0.05, 0) is 43.5 Å². The topological polar surface area (TPSA) is 32.3 Å². The molecule has 0 bridgehead atoms. The summed E-state index contributed by atoms with van der Waals surface area (Å²) >= 11 is 12.0. The molecule has 1 saturated carbocycles. The van der Waals surface area contributed by atoms with Crippen LogP contribution in [0, 0.1) is 0 Å². The van der Waals surface area contributed by atoms with Crippen LogP contribution in [0.15, 0.2) is 18.2 Å². The summed E-state index contributed by atoms with van der Waals surface area (Å²) in [7, 11) is 0. The number of hydrogen-bond donors (Lipinski definition) is 2. The van der Waals surface area contributed by atoms with Gasteiger partial charge in [0.1, 0.15) is 0 Å². The Hall–Kier alpha value is -0.280. The van der Waals surface area contributed by atoms with E-state index in [0.717, 1.165) is 37.8 Å². The minimum atomic E-state index is -0.195. The molecule has 1 aliphatic rings. The molecule has 0 heterocycles. The molecule has 100 valence electrons. The second kappa shape index (κ2) is 6.76. The van der Waals surface area contributed by atoms with Gasteiger partial charge in [0, 0.05) is 16.1 Å². The Labute approximate surface area is 118 Å². The largest absolute Gasteiger partial charge is 0.392 e. The molecule has 1 fully saturated rings. The maximum absolute atomic E-state index is 9.85. The first-order chi connectivity index (χ1) is 8.66. The van der Waals surface area contributed by atoms with Gasteiger partial charge in [-0.1, -0.05) is 42.1 Å². The lowest BCUT2D eigenvalue weighted by Crippen LogP contribution is -2.42. The summed E-state index contributed by atoms with van der Waals surface area (Å²) in [6, 6.07) is 5.83. The molecule has 2 atom stereocenters. The van der Waals surface area contributed by atoms with Crippen LogP contribution in [0.2, 0.25) is 10.0 Å². The van der Waals surface area contributed by atoms with Gasteiger partial charge in [-0.3, -0.25) is 0 Å². The van der Waals surface area contributed by atoms with E-state index < -0.39 is 0 Å². The maximum atomic E-state index is 9.85. The molecule has 0 saturated heterocycles. The zero-order valence-corrected chi connectivity index (χ0v) is 11.8. The van der Waals surface area contributed by atoms with Crippen molar-refractivity contribution in [3.05, 3.63) is 33.8 Å². The minimum Gasteiger partial charge on any atom is -0.392 e. The van der Waals surface area contributed by atoms with Gasteiger partial charge in [0.05, 0.1) is 6.10 Å². The number of aliphatic hydroxyl groups is 1. The van der Waals surface area contributed by atoms with Crippen LogP contribution < -0.4 is 5.32 Å². The van der Waals surface area contributed by atoms with E-state index >= 15 is 0 Å². The summed E-state index contributed by atoms with van der Waals surface area (Å²) in [6.07, 6.45) is 4.99. The molecule has 4 heteroatoms. The minimum absolute atomic E-state index is 0.195. The Kier molecular flexibility index (Phi) is 5.31. The highest BCUT2D eigenvalue weighted by Crippen LogP contribution is 2.22. The van der Waals surface area contributed by atoms with Crippen molar-refractivity contribution in [2.45, 2.75) is 44.2 Å². The van der Waals surface area contributed by atoms with E-state index in [4.69, 9.17) is 23.2 Å². The van der Waals surface area contributed by atoms with Gasteiger partial charge in [0.15, 0.2) is 0 Å². The SMILES string of the molecule is O[C@H]1CCCC[C@@H]1NCCc1ccc(Cl)cc1Cl. The van der Waals surface area contributed by atoms with E-state index in [1.807, 2.05) is 12.1 Å². The molecule has 1 aromatic carbocycles. The van der Waals surface area contributed by atoms with Crippen LogP contribution >= 0.6 is 23.2 Å². The number of benzene rings is 1. The van der Waals surface area contributed by atoms with E-state index in [-0.39, 0.29) is 12.1 Å². The first-order valence-electron chi connectivity index (χ1n) is 6.52. The van der Waals surface area contributed by atoms with Crippen LogP contribution in [0.25, 0.3) is 0 Å². The summed E-state index contributed by atoms with van der Waals surface area (Å²) in [5.74, 6) is 0. The van der Waals surface area contributed by atoms with Gasteiger partial charge in [-0.15, -0.1) is 0 Å². The van der Waals surface area contributed by atoms with Gasteiger partial charge in [0.2, 0.25) is 0 Å². The standard InChI is InChI=1S/C14H19Cl2NO/c15-11-6-5-10(12(16)9-11)7-8-17-13-3-1-2-4-14(13)18/h5-6,9,13-14,17-18H,1-4,7-8H2/t13-,14-/m0/s1. The number of nitrogens with one attached hydrogen (secondary N) is 1. The van der Waals surface area contributed by atoms with Crippen molar-refractivity contribution >= 4 is 23.2 Å². The molecule has 0 unspecified atom stereocenters. The fourth-order valence-electron chi connectivity index (χ4n) is 2.47. The third-order valence-corrected chi connectivity index (χ3v) is 4.13. The predicted molar refractivity (Wildman–Crippen MR) is 76.4 cm³/mol. The van der Waals surface area contributed by atoms with Gasteiger partial charge in [-0.2, -0.15) is 0 Å². The predicted octanol–water partition coefficient (Wildman–Crippen LogP) is 3.43. The van der Waals surface area contributed by atoms with Gasteiger partial charge in [0.25, 0.3) is 0 Å². The average molecular weight is 288 g/mol. The van der Waals surface area contributed by atoms with Gasteiger partial charge < -0.3 is 10.4 Å².